The molecular formula is C24H16Cl2F6N2O. The van der Waals surface area contributed by atoms with E-state index in [1.54, 1.807) is 54.6 Å². The molecule has 0 saturated heterocycles. The van der Waals surface area contributed by atoms with E-state index in [0.717, 1.165) is 16.1 Å². The first kappa shape index (κ1) is 25.3. The van der Waals surface area contributed by atoms with E-state index in [4.69, 9.17) is 23.2 Å². The zero-order valence-corrected chi connectivity index (χ0v) is 19.1. The summed E-state index contributed by atoms with van der Waals surface area (Å²) in [6.07, 6.45) is -12.9. The Morgan fingerprint density at radius 3 is 1.80 bits per heavy atom. The van der Waals surface area contributed by atoms with Gasteiger partial charge in [0.2, 0.25) is 0 Å². The zero-order chi connectivity index (χ0) is 25.6. The van der Waals surface area contributed by atoms with Gasteiger partial charge in [0.25, 0.3) is 5.60 Å². The molecule has 0 spiro atoms. The SMILES string of the molecule is OC(C1=NN(c2ccccc2Cl)C(c2ccc(-c3ccc(Cl)cc3)cc2)C1)(C(F)(F)F)C(F)(F)F. The van der Waals surface area contributed by atoms with Crippen LogP contribution in [-0.4, -0.2) is 28.8 Å². The van der Waals surface area contributed by atoms with Gasteiger partial charge < -0.3 is 5.11 Å². The molecule has 3 nitrogen and oxygen atoms in total. The third kappa shape index (κ3) is 4.60. The molecule has 1 atom stereocenters. The lowest BCUT2D eigenvalue weighted by Crippen LogP contribution is -2.62. The van der Waals surface area contributed by atoms with Gasteiger partial charge in [-0.3, -0.25) is 5.01 Å². The molecule has 0 radical (unpaired) electrons. The number of para-hydroxylation sites is 1. The van der Waals surface area contributed by atoms with Crippen LogP contribution in [-0.2, 0) is 0 Å². The number of benzene rings is 3. The van der Waals surface area contributed by atoms with Crippen LogP contribution in [0, 0.1) is 0 Å². The van der Waals surface area contributed by atoms with E-state index in [0.29, 0.717) is 10.6 Å². The number of halogens is 8. The highest BCUT2D eigenvalue weighted by Gasteiger charge is 2.74. The quantitative estimate of drug-likeness (QED) is 0.347. The van der Waals surface area contributed by atoms with Gasteiger partial charge in [0, 0.05) is 11.4 Å². The molecule has 1 aliphatic rings. The zero-order valence-electron chi connectivity index (χ0n) is 17.6. The van der Waals surface area contributed by atoms with Crippen LogP contribution in [0.2, 0.25) is 10.0 Å². The molecule has 0 aliphatic carbocycles. The summed E-state index contributed by atoms with van der Waals surface area (Å²) in [5.41, 5.74) is -4.52. The highest BCUT2D eigenvalue weighted by molar-refractivity contribution is 6.33. The number of hydrogen-bond donors (Lipinski definition) is 1. The topological polar surface area (TPSA) is 35.8 Å². The van der Waals surface area contributed by atoms with Crippen molar-refractivity contribution in [3.63, 3.8) is 0 Å². The number of alkyl halides is 6. The monoisotopic (exact) mass is 532 g/mol. The van der Waals surface area contributed by atoms with Crippen molar-refractivity contribution in [2.24, 2.45) is 5.10 Å². The summed E-state index contributed by atoms with van der Waals surface area (Å²) in [4.78, 5) is 0. The van der Waals surface area contributed by atoms with E-state index in [2.05, 4.69) is 5.10 Å². The Labute approximate surface area is 206 Å². The fourth-order valence-corrected chi connectivity index (χ4v) is 4.22. The van der Waals surface area contributed by atoms with E-state index in [1.165, 1.54) is 18.2 Å². The molecule has 0 amide bonds. The van der Waals surface area contributed by atoms with Crippen LogP contribution in [0.1, 0.15) is 18.0 Å². The first-order chi connectivity index (χ1) is 16.3. The minimum Gasteiger partial charge on any atom is -0.369 e. The van der Waals surface area contributed by atoms with Gasteiger partial charge in [0.05, 0.1) is 22.5 Å². The minimum absolute atomic E-state index is 0.0721. The molecule has 1 heterocycles. The third-order valence-corrected chi connectivity index (χ3v) is 6.29. The van der Waals surface area contributed by atoms with Crippen molar-refractivity contribution < 1.29 is 31.4 Å². The Kier molecular flexibility index (Phi) is 6.54. The van der Waals surface area contributed by atoms with E-state index in [1.807, 2.05) is 0 Å². The maximum absolute atomic E-state index is 13.6. The van der Waals surface area contributed by atoms with Gasteiger partial charge in [-0.15, -0.1) is 0 Å². The summed E-state index contributed by atoms with van der Waals surface area (Å²) < 4.78 is 81.3. The summed E-state index contributed by atoms with van der Waals surface area (Å²) >= 11 is 12.1. The Balaban J connectivity index is 1.78. The number of nitrogens with zero attached hydrogens (tertiary/aromatic N) is 2. The molecular weight excluding hydrogens is 517 g/mol. The summed E-state index contributed by atoms with van der Waals surface area (Å²) in [5, 5.41) is 15.2. The fourth-order valence-electron chi connectivity index (χ4n) is 3.88. The normalized spacial score (nSPS) is 17.0. The molecule has 1 unspecified atom stereocenters. The number of hydrazone groups is 1. The van der Waals surface area contributed by atoms with Crippen LogP contribution in [0.4, 0.5) is 32.0 Å². The van der Waals surface area contributed by atoms with E-state index in [9.17, 15) is 31.4 Å². The van der Waals surface area contributed by atoms with Crippen molar-refractivity contribution in [1.82, 2.24) is 0 Å². The van der Waals surface area contributed by atoms with Gasteiger partial charge in [0.15, 0.2) is 0 Å². The summed E-state index contributed by atoms with van der Waals surface area (Å²) in [7, 11) is 0. The largest absolute Gasteiger partial charge is 0.431 e. The second-order valence-corrected chi connectivity index (χ2v) is 8.74. The van der Waals surface area contributed by atoms with Crippen molar-refractivity contribution in [1.29, 1.82) is 0 Å². The van der Waals surface area contributed by atoms with Gasteiger partial charge >= 0.3 is 12.4 Å². The summed E-state index contributed by atoms with van der Waals surface area (Å²) in [5.74, 6) is 0. The number of rotatable bonds is 4. The average molecular weight is 533 g/mol. The standard InChI is InChI=1S/C24H16Cl2F6N2O/c25-17-11-9-15(10-12-17)14-5-7-16(8-6-14)20-13-21(22(35,23(27,28)29)24(30,31)32)33-34(20)19-4-2-1-3-18(19)26/h1-12,20,35H,13H2. The highest BCUT2D eigenvalue weighted by Crippen LogP contribution is 2.49. The Morgan fingerprint density at radius 2 is 1.29 bits per heavy atom. The van der Waals surface area contributed by atoms with Crippen LogP contribution in [0.3, 0.4) is 0 Å². The lowest BCUT2D eigenvalue weighted by Gasteiger charge is -2.32. The molecule has 3 aromatic carbocycles. The maximum Gasteiger partial charge on any atom is 0.431 e. The van der Waals surface area contributed by atoms with E-state index >= 15 is 0 Å². The molecule has 11 heteroatoms. The Morgan fingerprint density at radius 1 is 0.771 bits per heavy atom. The first-order valence-corrected chi connectivity index (χ1v) is 10.9. The van der Waals surface area contributed by atoms with Crippen molar-refractivity contribution in [3.8, 4) is 11.1 Å². The fraction of sp³-hybridized carbons (Fsp3) is 0.208. The molecule has 35 heavy (non-hydrogen) atoms. The smallest absolute Gasteiger partial charge is 0.369 e. The Hall–Kier alpha value is -2.75. The van der Waals surface area contributed by atoms with Gasteiger partial charge in [0.1, 0.15) is 0 Å². The number of aliphatic hydroxyl groups is 1. The van der Waals surface area contributed by atoms with Crippen LogP contribution in [0.15, 0.2) is 77.9 Å². The number of hydrogen-bond acceptors (Lipinski definition) is 3. The minimum atomic E-state index is -6.04. The maximum atomic E-state index is 13.6. The van der Waals surface area contributed by atoms with Crippen molar-refractivity contribution in [2.45, 2.75) is 30.4 Å². The Bertz CT molecular complexity index is 1230. The average Bonchev–Trinajstić information content (AvgIpc) is 3.23. The molecule has 184 valence electrons. The van der Waals surface area contributed by atoms with Crippen LogP contribution in [0.25, 0.3) is 11.1 Å². The van der Waals surface area contributed by atoms with E-state index in [-0.39, 0.29) is 10.7 Å². The van der Waals surface area contributed by atoms with Gasteiger partial charge in [-0.1, -0.05) is 71.7 Å². The second kappa shape index (κ2) is 9.04. The predicted octanol–water partition coefficient (Wildman–Crippen LogP) is 7.82. The number of anilines is 1. The van der Waals surface area contributed by atoms with Crippen molar-refractivity contribution >= 4 is 34.6 Å². The predicted molar refractivity (Wildman–Crippen MR) is 123 cm³/mol. The van der Waals surface area contributed by atoms with Gasteiger partial charge in [-0.2, -0.15) is 31.4 Å². The summed E-state index contributed by atoms with van der Waals surface area (Å²) in [6.45, 7) is 0. The van der Waals surface area contributed by atoms with Crippen molar-refractivity contribution in [3.05, 3.63) is 88.4 Å². The van der Waals surface area contributed by atoms with Gasteiger partial charge in [-0.25, -0.2) is 0 Å². The van der Waals surface area contributed by atoms with Crippen molar-refractivity contribution in [2.75, 3.05) is 5.01 Å². The molecule has 0 bridgehead atoms. The van der Waals surface area contributed by atoms with Crippen LogP contribution < -0.4 is 5.01 Å². The van der Waals surface area contributed by atoms with Crippen LogP contribution >= 0.6 is 23.2 Å². The second-order valence-electron chi connectivity index (χ2n) is 7.90. The van der Waals surface area contributed by atoms with E-state index < -0.39 is 36.1 Å². The molecule has 4 rings (SSSR count). The molecule has 1 aliphatic heterocycles. The lowest BCUT2D eigenvalue weighted by atomic mass is 9.89. The molecule has 0 fully saturated rings. The van der Waals surface area contributed by atoms with Crippen LogP contribution in [0.5, 0.6) is 0 Å². The summed E-state index contributed by atoms with van der Waals surface area (Å²) in [6, 6.07) is 18.3. The lowest BCUT2D eigenvalue weighted by molar-refractivity contribution is -0.338. The molecule has 0 aromatic heterocycles. The highest BCUT2D eigenvalue weighted by atomic mass is 35.5. The van der Waals surface area contributed by atoms with Gasteiger partial charge in [-0.05, 0) is 41.0 Å². The molecule has 0 saturated carbocycles. The molecule has 3 aromatic rings. The third-order valence-electron chi connectivity index (χ3n) is 5.72. The first-order valence-electron chi connectivity index (χ1n) is 10.2. The molecule has 1 N–H and O–H groups in total.